The van der Waals surface area contributed by atoms with Crippen molar-refractivity contribution < 1.29 is 0 Å². The van der Waals surface area contributed by atoms with E-state index in [0.29, 0.717) is 5.82 Å². The maximum absolute atomic E-state index is 12.8. The van der Waals surface area contributed by atoms with Crippen LogP contribution in [0.1, 0.15) is 16.8 Å². The largest absolute Gasteiger partial charge is 0.332 e. The first-order valence-electron chi connectivity index (χ1n) is 9.46. The highest BCUT2D eigenvalue weighted by atomic mass is 35.5. The predicted molar refractivity (Wildman–Crippen MR) is 117 cm³/mol. The second-order valence-corrected chi connectivity index (χ2v) is 7.30. The molecule has 0 saturated carbocycles. The monoisotopic (exact) mass is 407 g/mol. The highest BCUT2D eigenvalue weighted by Crippen LogP contribution is 2.27. The highest BCUT2D eigenvalue weighted by Gasteiger charge is 2.19. The van der Waals surface area contributed by atoms with Crippen molar-refractivity contribution in [2.24, 2.45) is 7.05 Å². The number of aryl methyl sites for hydroxylation is 2. The summed E-state index contributed by atoms with van der Waals surface area (Å²) in [6.07, 6.45) is 4.58. The molecule has 5 heterocycles. The minimum Gasteiger partial charge on any atom is -0.332 e. The molecular weight excluding hydrogens is 386 g/mol. The predicted octanol–water partition coefficient (Wildman–Crippen LogP) is 3.16. The van der Waals surface area contributed by atoms with E-state index in [1.54, 1.807) is 16.8 Å². The number of pyridine rings is 3. The Morgan fingerprint density at radius 1 is 1.14 bits per heavy atom. The van der Waals surface area contributed by atoms with E-state index >= 15 is 0 Å². The smallest absolute Gasteiger partial charge is 0.256 e. The van der Waals surface area contributed by atoms with E-state index in [-0.39, 0.29) is 18.0 Å². The zero-order valence-corrected chi connectivity index (χ0v) is 17.2. The fourth-order valence-corrected chi connectivity index (χ4v) is 3.95. The molecule has 0 amide bonds. The maximum Gasteiger partial charge on any atom is 0.256 e. The lowest BCUT2D eigenvalue weighted by atomic mass is 10.1. The summed E-state index contributed by atoms with van der Waals surface area (Å²) in [5.74, 6) is 0.631. The molecule has 0 spiro atoms. The summed E-state index contributed by atoms with van der Waals surface area (Å²) in [7, 11) is 2.05. The van der Waals surface area contributed by atoms with Crippen molar-refractivity contribution in [3.63, 3.8) is 0 Å². The molecule has 0 radical (unpaired) electrons. The lowest BCUT2D eigenvalue weighted by Crippen LogP contribution is -2.24. The van der Waals surface area contributed by atoms with Gasteiger partial charge in [-0.2, -0.15) is 0 Å². The van der Waals surface area contributed by atoms with Crippen molar-refractivity contribution in [2.45, 2.75) is 19.9 Å². The molecule has 0 aromatic carbocycles. The van der Waals surface area contributed by atoms with Gasteiger partial charge in [-0.05, 0) is 42.3 Å². The van der Waals surface area contributed by atoms with Gasteiger partial charge in [-0.15, -0.1) is 12.4 Å². The number of halogens is 1. The van der Waals surface area contributed by atoms with Crippen LogP contribution in [-0.4, -0.2) is 25.6 Å². The summed E-state index contributed by atoms with van der Waals surface area (Å²) in [5.41, 5.74) is 6.14. The molecular formula is C22H22ClN5O. The minimum absolute atomic E-state index is 0. The third-order valence-electron chi connectivity index (χ3n) is 5.47. The van der Waals surface area contributed by atoms with Gasteiger partial charge in [-0.25, -0.2) is 4.98 Å². The Labute approximate surface area is 174 Å². The van der Waals surface area contributed by atoms with Gasteiger partial charge in [-0.3, -0.25) is 14.3 Å². The molecule has 0 bridgehead atoms. The van der Waals surface area contributed by atoms with Gasteiger partial charge in [0.05, 0.1) is 5.69 Å². The molecule has 1 aliphatic heterocycles. The van der Waals surface area contributed by atoms with Gasteiger partial charge in [0.1, 0.15) is 11.5 Å². The molecule has 0 fully saturated rings. The number of fused-ring (bicyclic) bond motifs is 3. The summed E-state index contributed by atoms with van der Waals surface area (Å²) in [6, 6.07) is 11.4. The summed E-state index contributed by atoms with van der Waals surface area (Å²) in [6.45, 7) is 3.85. The Bertz CT molecular complexity index is 1260. The van der Waals surface area contributed by atoms with Crippen LogP contribution in [-0.2, 0) is 20.0 Å². The number of nitrogens with zero attached hydrogens (tertiary/aromatic N) is 4. The molecule has 7 heteroatoms. The summed E-state index contributed by atoms with van der Waals surface area (Å²) < 4.78 is 3.74. The van der Waals surface area contributed by atoms with E-state index in [1.807, 2.05) is 37.4 Å². The molecule has 1 aliphatic rings. The zero-order chi connectivity index (χ0) is 19.3. The molecule has 4 aromatic rings. The van der Waals surface area contributed by atoms with E-state index in [9.17, 15) is 4.79 Å². The second kappa shape index (κ2) is 7.46. The summed E-state index contributed by atoms with van der Waals surface area (Å²) in [5, 5.41) is 4.58. The van der Waals surface area contributed by atoms with Crippen molar-refractivity contribution in [3.8, 4) is 17.1 Å². The van der Waals surface area contributed by atoms with E-state index in [0.717, 1.165) is 47.4 Å². The number of rotatable bonds is 2. The van der Waals surface area contributed by atoms with E-state index in [2.05, 4.69) is 28.0 Å². The van der Waals surface area contributed by atoms with Crippen molar-refractivity contribution >= 4 is 23.4 Å². The van der Waals surface area contributed by atoms with Crippen LogP contribution in [0.3, 0.4) is 0 Å². The zero-order valence-electron chi connectivity index (χ0n) is 16.3. The van der Waals surface area contributed by atoms with Crippen molar-refractivity contribution in [2.75, 3.05) is 6.54 Å². The Balaban J connectivity index is 0.00000205. The van der Waals surface area contributed by atoms with Gasteiger partial charge in [0, 0.05) is 61.7 Å². The first-order valence-corrected chi connectivity index (χ1v) is 9.46. The first-order chi connectivity index (χ1) is 13.6. The Morgan fingerprint density at radius 2 is 2.00 bits per heavy atom. The standard InChI is InChI=1S/C22H21N5O.ClH/c1-14-3-5-18(24-12-14)15-8-10-27(21(28)11-15)20-6-4-16-17-13-23-9-7-19(17)26(2)22(16)25-20;/h3-6,8,10-12,23H,7,9,13H2,1-2H3;1H. The van der Waals surface area contributed by atoms with Crippen LogP contribution in [0.25, 0.3) is 28.1 Å². The molecule has 0 atom stereocenters. The van der Waals surface area contributed by atoms with Crippen LogP contribution in [0.4, 0.5) is 0 Å². The molecule has 0 aliphatic carbocycles. The van der Waals surface area contributed by atoms with E-state index in [4.69, 9.17) is 4.98 Å². The lowest BCUT2D eigenvalue weighted by Gasteiger charge is -2.14. The number of hydrogen-bond donors (Lipinski definition) is 1. The second-order valence-electron chi connectivity index (χ2n) is 7.30. The normalized spacial score (nSPS) is 13.2. The molecule has 0 saturated heterocycles. The highest BCUT2D eigenvalue weighted by molar-refractivity contribution is 5.85. The number of nitrogens with one attached hydrogen (secondary N) is 1. The Hall–Kier alpha value is -2.96. The van der Waals surface area contributed by atoms with Crippen LogP contribution >= 0.6 is 12.4 Å². The quantitative estimate of drug-likeness (QED) is 0.554. The average molecular weight is 408 g/mol. The van der Waals surface area contributed by atoms with Crippen LogP contribution in [0, 0.1) is 6.92 Å². The summed E-state index contributed by atoms with van der Waals surface area (Å²) in [4.78, 5) is 22.0. The van der Waals surface area contributed by atoms with Crippen molar-refractivity contribution in [1.29, 1.82) is 0 Å². The van der Waals surface area contributed by atoms with Crippen LogP contribution in [0.5, 0.6) is 0 Å². The number of hydrogen-bond acceptors (Lipinski definition) is 4. The minimum atomic E-state index is -0.118. The third kappa shape index (κ3) is 3.24. The molecule has 148 valence electrons. The first kappa shape index (κ1) is 19.4. The third-order valence-corrected chi connectivity index (χ3v) is 5.47. The van der Waals surface area contributed by atoms with E-state index < -0.39 is 0 Å². The average Bonchev–Trinajstić information content (AvgIpc) is 3.01. The molecule has 0 unspecified atom stereocenters. The van der Waals surface area contributed by atoms with Crippen LogP contribution < -0.4 is 10.9 Å². The molecule has 6 nitrogen and oxygen atoms in total. The molecule has 4 aromatic heterocycles. The fourth-order valence-electron chi connectivity index (χ4n) is 3.95. The topological polar surface area (TPSA) is 64.7 Å². The molecule has 29 heavy (non-hydrogen) atoms. The van der Waals surface area contributed by atoms with Gasteiger partial charge in [-0.1, -0.05) is 6.07 Å². The number of aromatic nitrogens is 4. The van der Waals surface area contributed by atoms with Gasteiger partial charge in [0.25, 0.3) is 5.56 Å². The van der Waals surface area contributed by atoms with Crippen LogP contribution in [0.15, 0.2) is 53.6 Å². The van der Waals surface area contributed by atoms with Gasteiger partial charge >= 0.3 is 0 Å². The van der Waals surface area contributed by atoms with Crippen molar-refractivity contribution in [1.82, 2.24) is 24.4 Å². The maximum atomic E-state index is 12.8. The SMILES string of the molecule is Cc1ccc(-c2ccn(-c3ccc4c5c(n(C)c4n3)CCNC5)c(=O)c2)nc1.Cl. The lowest BCUT2D eigenvalue weighted by molar-refractivity contribution is 0.621. The fraction of sp³-hybridized carbons (Fsp3) is 0.227. The molecule has 5 rings (SSSR count). The van der Waals surface area contributed by atoms with Gasteiger partial charge in [0.15, 0.2) is 0 Å². The Morgan fingerprint density at radius 3 is 2.76 bits per heavy atom. The van der Waals surface area contributed by atoms with E-state index in [1.165, 1.54) is 11.3 Å². The molecule has 1 N–H and O–H groups in total. The van der Waals surface area contributed by atoms with Gasteiger partial charge < -0.3 is 9.88 Å². The van der Waals surface area contributed by atoms with Crippen LogP contribution in [0.2, 0.25) is 0 Å². The Kier molecular flexibility index (Phi) is 4.98. The summed E-state index contributed by atoms with van der Waals surface area (Å²) >= 11 is 0. The van der Waals surface area contributed by atoms with Crippen molar-refractivity contribution in [3.05, 3.63) is 76.0 Å². The van der Waals surface area contributed by atoms with Gasteiger partial charge in [0.2, 0.25) is 0 Å².